The molecule has 0 unspecified atom stereocenters. The van der Waals surface area contributed by atoms with Crippen LogP contribution in [0.1, 0.15) is 17.5 Å². The van der Waals surface area contributed by atoms with Crippen molar-refractivity contribution in [2.45, 2.75) is 19.9 Å². The molecule has 1 aliphatic rings. The Morgan fingerprint density at radius 1 is 1.23 bits per heavy atom. The normalized spacial score (nSPS) is 15.8. The number of nitrogens with one attached hydrogen (secondary N) is 1. The number of piperazine rings is 1. The molecule has 0 radical (unpaired) electrons. The van der Waals surface area contributed by atoms with Crippen molar-refractivity contribution in [1.82, 2.24) is 15.1 Å². The van der Waals surface area contributed by atoms with Crippen LogP contribution in [0.5, 0.6) is 0 Å². The highest BCUT2D eigenvalue weighted by Crippen LogP contribution is 2.07. The van der Waals surface area contributed by atoms with Crippen molar-refractivity contribution in [1.29, 1.82) is 0 Å². The van der Waals surface area contributed by atoms with Crippen molar-refractivity contribution in [2.75, 3.05) is 46.4 Å². The molecular formula is C17H27N3O2. The monoisotopic (exact) mass is 305 g/mol. The van der Waals surface area contributed by atoms with Crippen molar-refractivity contribution in [3.63, 3.8) is 0 Å². The minimum absolute atomic E-state index is 0.0415. The maximum Gasteiger partial charge on any atom is 0.317 e. The molecule has 0 spiro atoms. The first-order valence-electron chi connectivity index (χ1n) is 7.99. The Morgan fingerprint density at radius 3 is 2.64 bits per heavy atom. The zero-order chi connectivity index (χ0) is 15.8. The Labute approximate surface area is 133 Å². The third kappa shape index (κ3) is 5.00. The molecule has 1 saturated heterocycles. The number of carbonyl (C=O) groups excluding carboxylic acids is 1. The van der Waals surface area contributed by atoms with Gasteiger partial charge in [0.25, 0.3) is 0 Å². The number of hydrogen-bond acceptors (Lipinski definition) is 3. The molecule has 0 bridgehead atoms. The lowest BCUT2D eigenvalue weighted by Gasteiger charge is -2.34. The minimum Gasteiger partial charge on any atom is -0.385 e. The summed E-state index contributed by atoms with van der Waals surface area (Å²) in [5.74, 6) is 0. The minimum atomic E-state index is 0.0415. The Kier molecular flexibility index (Phi) is 6.68. The van der Waals surface area contributed by atoms with Gasteiger partial charge in [0.05, 0.1) is 0 Å². The Balaban J connectivity index is 1.70. The van der Waals surface area contributed by atoms with E-state index in [4.69, 9.17) is 4.74 Å². The van der Waals surface area contributed by atoms with Gasteiger partial charge in [-0.15, -0.1) is 0 Å². The molecule has 0 aromatic heterocycles. The second-order valence-electron chi connectivity index (χ2n) is 5.76. The summed E-state index contributed by atoms with van der Waals surface area (Å²) in [6.07, 6.45) is 1.05. The highest BCUT2D eigenvalue weighted by molar-refractivity contribution is 5.74. The molecule has 1 heterocycles. The number of nitrogens with zero attached hydrogens (tertiary/aromatic N) is 2. The van der Waals surface area contributed by atoms with Crippen molar-refractivity contribution >= 4 is 6.03 Å². The second kappa shape index (κ2) is 8.76. The molecule has 1 aromatic carbocycles. The van der Waals surface area contributed by atoms with Crippen LogP contribution < -0.4 is 5.32 Å². The molecular weight excluding hydrogens is 278 g/mol. The molecule has 0 saturated carbocycles. The van der Waals surface area contributed by atoms with Gasteiger partial charge >= 0.3 is 6.03 Å². The van der Waals surface area contributed by atoms with Crippen molar-refractivity contribution in [3.8, 4) is 0 Å². The van der Waals surface area contributed by atoms with Crippen molar-refractivity contribution in [2.24, 2.45) is 0 Å². The molecule has 5 heteroatoms. The number of ether oxygens (including phenoxy) is 1. The number of methoxy groups -OCH3 is 1. The van der Waals surface area contributed by atoms with E-state index in [9.17, 15) is 4.79 Å². The number of hydrogen-bond donors (Lipinski definition) is 1. The average molecular weight is 305 g/mol. The fourth-order valence-corrected chi connectivity index (χ4v) is 2.70. The van der Waals surface area contributed by atoms with Crippen LogP contribution in [0.25, 0.3) is 0 Å². The van der Waals surface area contributed by atoms with Crippen molar-refractivity contribution < 1.29 is 9.53 Å². The quantitative estimate of drug-likeness (QED) is 0.816. The summed E-state index contributed by atoms with van der Waals surface area (Å²) in [5.41, 5.74) is 2.39. The fraction of sp³-hybridized carbons (Fsp3) is 0.588. The van der Waals surface area contributed by atoms with Gasteiger partial charge in [0.1, 0.15) is 0 Å². The first-order valence-corrected chi connectivity index (χ1v) is 7.99. The van der Waals surface area contributed by atoms with Crippen LogP contribution in [0.4, 0.5) is 4.79 Å². The molecule has 2 amide bonds. The van der Waals surface area contributed by atoms with Gasteiger partial charge < -0.3 is 15.0 Å². The smallest absolute Gasteiger partial charge is 0.317 e. The predicted molar refractivity (Wildman–Crippen MR) is 87.9 cm³/mol. The Bertz CT molecular complexity index is 471. The number of amides is 2. The third-order valence-corrected chi connectivity index (χ3v) is 4.17. The first-order chi connectivity index (χ1) is 10.7. The molecule has 1 aromatic rings. The van der Waals surface area contributed by atoms with Crippen LogP contribution in [0.2, 0.25) is 0 Å². The number of aryl methyl sites for hydroxylation is 1. The molecule has 2 rings (SSSR count). The van der Waals surface area contributed by atoms with Crippen LogP contribution in [-0.2, 0) is 11.3 Å². The van der Waals surface area contributed by atoms with E-state index in [1.54, 1.807) is 7.11 Å². The first kappa shape index (κ1) is 16.8. The van der Waals surface area contributed by atoms with Gasteiger partial charge in [-0.25, -0.2) is 4.79 Å². The van der Waals surface area contributed by atoms with Gasteiger partial charge in [0.15, 0.2) is 0 Å². The lowest BCUT2D eigenvalue weighted by atomic mass is 10.1. The topological polar surface area (TPSA) is 44.8 Å². The van der Waals surface area contributed by atoms with Gasteiger partial charge in [-0.05, 0) is 24.5 Å². The summed E-state index contributed by atoms with van der Waals surface area (Å²) in [6.45, 7) is 8.01. The van der Waals surface area contributed by atoms with E-state index in [0.717, 1.165) is 45.8 Å². The number of rotatable bonds is 6. The van der Waals surface area contributed by atoms with E-state index in [-0.39, 0.29) is 6.03 Å². The Hall–Kier alpha value is -1.59. The SMILES string of the molecule is COCCCN1CCN(C(=O)NCc2ccccc2C)CC1. The molecule has 0 atom stereocenters. The highest BCUT2D eigenvalue weighted by atomic mass is 16.5. The van der Waals surface area contributed by atoms with E-state index in [2.05, 4.69) is 29.3 Å². The molecule has 0 aliphatic carbocycles. The summed E-state index contributed by atoms with van der Waals surface area (Å²) in [4.78, 5) is 16.5. The standard InChI is InChI=1S/C17H27N3O2/c1-15-6-3-4-7-16(15)14-18-17(21)20-11-9-19(10-12-20)8-5-13-22-2/h3-4,6-7H,5,8-14H2,1-2H3,(H,18,21). The highest BCUT2D eigenvalue weighted by Gasteiger charge is 2.20. The van der Waals surface area contributed by atoms with Gasteiger partial charge in [0, 0.05) is 53.0 Å². The second-order valence-corrected chi connectivity index (χ2v) is 5.76. The summed E-state index contributed by atoms with van der Waals surface area (Å²) in [6, 6.07) is 8.19. The summed E-state index contributed by atoms with van der Waals surface area (Å²) >= 11 is 0. The summed E-state index contributed by atoms with van der Waals surface area (Å²) in [7, 11) is 1.73. The summed E-state index contributed by atoms with van der Waals surface area (Å²) < 4.78 is 5.07. The molecule has 122 valence electrons. The maximum absolute atomic E-state index is 12.2. The zero-order valence-electron chi connectivity index (χ0n) is 13.7. The summed E-state index contributed by atoms with van der Waals surface area (Å²) in [5, 5.41) is 3.03. The van der Waals surface area contributed by atoms with Crippen LogP contribution in [0.15, 0.2) is 24.3 Å². The van der Waals surface area contributed by atoms with Gasteiger partial charge in [-0.3, -0.25) is 4.90 Å². The number of carbonyl (C=O) groups is 1. The van der Waals surface area contributed by atoms with Crippen LogP contribution in [0.3, 0.4) is 0 Å². The molecule has 1 fully saturated rings. The van der Waals surface area contributed by atoms with E-state index in [0.29, 0.717) is 6.54 Å². The average Bonchev–Trinajstić information content (AvgIpc) is 2.55. The van der Waals surface area contributed by atoms with Gasteiger partial charge in [-0.1, -0.05) is 24.3 Å². The van der Waals surface area contributed by atoms with E-state index in [1.807, 2.05) is 17.0 Å². The van der Waals surface area contributed by atoms with Crippen LogP contribution in [-0.4, -0.2) is 62.3 Å². The van der Waals surface area contributed by atoms with Gasteiger partial charge in [0.2, 0.25) is 0 Å². The van der Waals surface area contributed by atoms with Crippen LogP contribution in [0, 0.1) is 6.92 Å². The number of urea groups is 1. The van der Waals surface area contributed by atoms with Crippen LogP contribution >= 0.6 is 0 Å². The van der Waals surface area contributed by atoms with Crippen molar-refractivity contribution in [3.05, 3.63) is 35.4 Å². The van der Waals surface area contributed by atoms with Gasteiger partial charge in [-0.2, -0.15) is 0 Å². The predicted octanol–water partition coefficient (Wildman–Crippen LogP) is 1.86. The molecule has 22 heavy (non-hydrogen) atoms. The van der Waals surface area contributed by atoms with E-state index < -0.39 is 0 Å². The maximum atomic E-state index is 12.2. The zero-order valence-corrected chi connectivity index (χ0v) is 13.7. The van der Waals surface area contributed by atoms with E-state index in [1.165, 1.54) is 11.1 Å². The van der Waals surface area contributed by atoms with E-state index >= 15 is 0 Å². The number of benzene rings is 1. The third-order valence-electron chi connectivity index (χ3n) is 4.17. The molecule has 1 N–H and O–H groups in total. The molecule has 1 aliphatic heterocycles. The fourth-order valence-electron chi connectivity index (χ4n) is 2.70. The lowest BCUT2D eigenvalue weighted by Crippen LogP contribution is -2.51. The Morgan fingerprint density at radius 2 is 1.95 bits per heavy atom. The molecule has 5 nitrogen and oxygen atoms in total. The largest absolute Gasteiger partial charge is 0.385 e. The lowest BCUT2D eigenvalue weighted by molar-refractivity contribution is 0.125.